The van der Waals surface area contributed by atoms with E-state index in [4.69, 9.17) is 9.47 Å². The Morgan fingerprint density at radius 3 is 2.57 bits per heavy atom. The molecule has 0 spiro atoms. The largest absolute Gasteiger partial charge is 0.480 e. The summed E-state index contributed by atoms with van der Waals surface area (Å²) in [6, 6.07) is 5.46. The number of nitrogens with zero attached hydrogens (tertiary/aromatic N) is 7. The fourth-order valence-corrected chi connectivity index (χ4v) is 2.80. The number of nitriles is 1. The van der Waals surface area contributed by atoms with Crippen LogP contribution in [-0.4, -0.2) is 69.8 Å². The molecular weight excluding hydrogens is 388 g/mol. The fraction of sp³-hybridized carbons (Fsp3) is 0.474. The molecule has 2 aromatic heterocycles. The highest BCUT2D eigenvalue weighted by molar-refractivity contribution is 5.68. The minimum atomic E-state index is -0.544. The van der Waals surface area contributed by atoms with E-state index in [1.54, 1.807) is 23.2 Å². The van der Waals surface area contributed by atoms with Gasteiger partial charge in [0, 0.05) is 32.4 Å². The van der Waals surface area contributed by atoms with Gasteiger partial charge in [0.1, 0.15) is 17.4 Å². The van der Waals surface area contributed by atoms with Gasteiger partial charge in [-0.15, -0.1) is 0 Å². The standard InChI is InChI=1S/C19H24N8O3/c1-19(2,3)30-18(28)27-10-8-26(9-11-27)17-24-14(12-20)23-16(25-17)22-13-6-5-7-21-15(13)29-4/h5-7H,8-11H2,1-4H3,(H,22,23,24,25). The second kappa shape index (κ2) is 8.77. The molecule has 0 saturated carbocycles. The number of hydrogen-bond donors (Lipinski definition) is 1. The van der Waals surface area contributed by atoms with Crippen LogP contribution in [0.3, 0.4) is 0 Å². The summed E-state index contributed by atoms with van der Waals surface area (Å²) in [4.78, 5) is 32.7. The molecule has 1 saturated heterocycles. The number of pyridine rings is 1. The summed E-state index contributed by atoms with van der Waals surface area (Å²) in [6.07, 6.45) is 1.26. The first-order chi connectivity index (χ1) is 14.3. The second-order valence-electron chi connectivity index (χ2n) is 7.53. The fourth-order valence-electron chi connectivity index (χ4n) is 2.80. The summed E-state index contributed by atoms with van der Waals surface area (Å²) in [5, 5.41) is 12.3. The van der Waals surface area contributed by atoms with E-state index in [9.17, 15) is 10.1 Å². The van der Waals surface area contributed by atoms with Crippen LogP contribution in [0.15, 0.2) is 18.3 Å². The lowest BCUT2D eigenvalue weighted by Crippen LogP contribution is -2.50. The molecule has 0 aliphatic carbocycles. The van der Waals surface area contributed by atoms with Gasteiger partial charge in [0.05, 0.1) is 7.11 Å². The van der Waals surface area contributed by atoms with Crippen molar-refractivity contribution in [3.8, 4) is 11.9 Å². The number of ether oxygens (including phenoxy) is 2. The normalized spacial score (nSPS) is 14.1. The SMILES string of the molecule is COc1ncccc1Nc1nc(C#N)nc(N2CCN(C(=O)OC(C)(C)C)CC2)n1. The lowest BCUT2D eigenvalue weighted by atomic mass is 10.2. The number of methoxy groups -OCH3 is 1. The Balaban J connectivity index is 1.73. The van der Waals surface area contributed by atoms with Crippen LogP contribution in [0.4, 0.5) is 22.4 Å². The van der Waals surface area contributed by atoms with Gasteiger partial charge in [0.15, 0.2) is 0 Å². The van der Waals surface area contributed by atoms with E-state index < -0.39 is 5.60 Å². The van der Waals surface area contributed by atoms with E-state index in [1.165, 1.54) is 7.11 Å². The molecule has 1 aliphatic rings. The van der Waals surface area contributed by atoms with Crippen molar-refractivity contribution in [3.63, 3.8) is 0 Å². The molecule has 1 aliphatic heterocycles. The summed E-state index contributed by atoms with van der Waals surface area (Å²) in [6.45, 7) is 7.43. The first kappa shape index (κ1) is 21.0. The molecule has 0 atom stereocenters. The van der Waals surface area contributed by atoms with Crippen molar-refractivity contribution < 1.29 is 14.3 Å². The third-order valence-electron chi connectivity index (χ3n) is 4.15. The van der Waals surface area contributed by atoms with E-state index in [1.807, 2.05) is 31.7 Å². The molecule has 1 amide bonds. The van der Waals surface area contributed by atoms with Gasteiger partial charge in [0.2, 0.25) is 23.6 Å². The van der Waals surface area contributed by atoms with Gasteiger partial charge in [-0.1, -0.05) is 0 Å². The van der Waals surface area contributed by atoms with E-state index in [0.717, 1.165) is 0 Å². The highest BCUT2D eigenvalue weighted by atomic mass is 16.6. The maximum Gasteiger partial charge on any atom is 0.410 e. The van der Waals surface area contributed by atoms with Crippen LogP contribution in [0, 0.1) is 11.3 Å². The van der Waals surface area contributed by atoms with Crippen molar-refractivity contribution in [2.75, 3.05) is 43.5 Å². The first-order valence-corrected chi connectivity index (χ1v) is 9.44. The summed E-state index contributed by atoms with van der Waals surface area (Å²) < 4.78 is 10.6. The van der Waals surface area contributed by atoms with Gasteiger partial charge in [-0.05, 0) is 32.9 Å². The van der Waals surface area contributed by atoms with E-state index in [-0.39, 0.29) is 17.9 Å². The van der Waals surface area contributed by atoms with Gasteiger partial charge in [-0.2, -0.15) is 20.2 Å². The van der Waals surface area contributed by atoms with E-state index in [2.05, 4.69) is 25.3 Å². The zero-order valence-electron chi connectivity index (χ0n) is 17.4. The highest BCUT2D eigenvalue weighted by Crippen LogP contribution is 2.24. The maximum absolute atomic E-state index is 12.2. The third kappa shape index (κ3) is 5.22. The van der Waals surface area contributed by atoms with Gasteiger partial charge < -0.3 is 24.6 Å². The van der Waals surface area contributed by atoms with Crippen molar-refractivity contribution in [2.45, 2.75) is 26.4 Å². The number of anilines is 3. The molecule has 2 aromatic rings. The lowest BCUT2D eigenvalue weighted by Gasteiger charge is -2.35. The molecule has 158 valence electrons. The number of carbonyl (C=O) groups is 1. The number of hydrogen-bond acceptors (Lipinski definition) is 10. The number of aromatic nitrogens is 4. The molecule has 3 rings (SSSR count). The Kier molecular flexibility index (Phi) is 6.15. The molecule has 0 radical (unpaired) electrons. The van der Waals surface area contributed by atoms with Crippen molar-refractivity contribution >= 4 is 23.7 Å². The van der Waals surface area contributed by atoms with Crippen LogP contribution in [0.25, 0.3) is 0 Å². The van der Waals surface area contributed by atoms with Crippen LogP contribution in [-0.2, 0) is 4.74 Å². The molecule has 11 heteroatoms. The zero-order valence-corrected chi connectivity index (χ0v) is 17.4. The maximum atomic E-state index is 12.2. The molecule has 0 unspecified atom stereocenters. The number of carbonyl (C=O) groups excluding carboxylic acids is 1. The highest BCUT2D eigenvalue weighted by Gasteiger charge is 2.27. The van der Waals surface area contributed by atoms with Crippen molar-refractivity contribution in [1.82, 2.24) is 24.8 Å². The summed E-state index contributed by atoms with van der Waals surface area (Å²) in [5.74, 6) is 0.928. The van der Waals surface area contributed by atoms with Crippen LogP contribution in [0.1, 0.15) is 26.6 Å². The van der Waals surface area contributed by atoms with Crippen LogP contribution < -0.4 is 15.0 Å². The Bertz CT molecular complexity index is 946. The minimum Gasteiger partial charge on any atom is -0.480 e. The second-order valence-corrected chi connectivity index (χ2v) is 7.53. The van der Waals surface area contributed by atoms with Gasteiger partial charge in [0.25, 0.3) is 0 Å². The third-order valence-corrected chi connectivity index (χ3v) is 4.15. The number of piperazine rings is 1. The zero-order chi connectivity index (χ0) is 21.7. The summed E-state index contributed by atoms with van der Waals surface area (Å²) in [7, 11) is 1.51. The van der Waals surface area contributed by atoms with Gasteiger partial charge >= 0.3 is 6.09 Å². The molecule has 30 heavy (non-hydrogen) atoms. The number of amides is 1. The number of rotatable bonds is 4. The molecular formula is C19H24N8O3. The molecule has 0 bridgehead atoms. The van der Waals surface area contributed by atoms with Crippen molar-refractivity contribution in [3.05, 3.63) is 24.2 Å². The average molecular weight is 412 g/mol. The van der Waals surface area contributed by atoms with Crippen molar-refractivity contribution in [2.24, 2.45) is 0 Å². The minimum absolute atomic E-state index is 0.0140. The quantitative estimate of drug-likeness (QED) is 0.795. The topological polar surface area (TPSA) is 129 Å². The summed E-state index contributed by atoms with van der Waals surface area (Å²) >= 11 is 0. The van der Waals surface area contributed by atoms with Gasteiger partial charge in [-0.3, -0.25) is 0 Å². The van der Waals surface area contributed by atoms with E-state index >= 15 is 0 Å². The first-order valence-electron chi connectivity index (χ1n) is 9.44. The van der Waals surface area contributed by atoms with Crippen molar-refractivity contribution in [1.29, 1.82) is 5.26 Å². The smallest absolute Gasteiger partial charge is 0.410 e. The van der Waals surface area contributed by atoms with E-state index in [0.29, 0.717) is 43.7 Å². The van der Waals surface area contributed by atoms with Crippen LogP contribution in [0.2, 0.25) is 0 Å². The molecule has 1 N–H and O–H groups in total. The Morgan fingerprint density at radius 1 is 1.20 bits per heavy atom. The predicted molar refractivity (Wildman–Crippen MR) is 109 cm³/mol. The number of nitrogens with one attached hydrogen (secondary N) is 1. The van der Waals surface area contributed by atoms with Crippen LogP contribution in [0.5, 0.6) is 5.88 Å². The summed E-state index contributed by atoms with van der Waals surface area (Å²) in [5.41, 5.74) is 0.0219. The Hall–Kier alpha value is -3.68. The Labute approximate surface area is 174 Å². The molecule has 1 fully saturated rings. The monoisotopic (exact) mass is 412 g/mol. The molecule has 11 nitrogen and oxygen atoms in total. The van der Waals surface area contributed by atoms with Crippen LogP contribution >= 0.6 is 0 Å². The van der Waals surface area contributed by atoms with Gasteiger partial charge in [-0.25, -0.2) is 9.78 Å². The lowest BCUT2D eigenvalue weighted by molar-refractivity contribution is 0.0240. The predicted octanol–water partition coefficient (Wildman–Crippen LogP) is 1.95. The Morgan fingerprint density at radius 2 is 1.93 bits per heavy atom. The average Bonchev–Trinajstić information content (AvgIpc) is 2.72. The molecule has 3 heterocycles. The molecule has 0 aromatic carbocycles.